The van der Waals surface area contributed by atoms with Crippen LogP contribution in [0.3, 0.4) is 0 Å². The van der Waals surface area contributed by atoms with Gasteiger partial charge in [0.15, 0.2) is 0 Å². The number of nitrogens with zero attached hydrogens (tertiary/aromatic N) is 4. The van der Waals surface area contributed by atoms with Crippen LogP contribution in [0.4, 0.5) is 13.2 Å². The lowest BCUT2D eigenvalue weighted by molar-refractivity contribution is -0.142. The maximum absolute atomic E-state index is 11.7. The van der Waals surface area contributed by atoms with E-state index in [4.69, 9.17) is 5.53 Å². The molecule has 0 aromatic heterocycles. The molecule has 0 spiro atoms. The lowest BCUT2D eigenvalue weighted by Crippen LogP contribution is -2.32. The highest BCUT2D eigenvalue weighted by Gasteiger charge is 2.28. The molecular formula is C5H9F3N4. The van der Waals surface area contributed by atoms with Gasteiger partial charge in [0.1, 0.15) is 0 Å². The Balaban J connectivity index is 3.59. The van der Waals surface area contributed by atoms with Crippen molar-refractivity contribution in [3.8, 4) is 0 Å². The van der Waals surface area contributed by atoms with Crippen LogP contribution in [0.5, 0.6) is 0 Å². The van der Waals surface area contributed by atoms with Crippen molar-refractivity contribution >= 4 is 0 Å². The van der Waals surface area contributed by atoms with Crippen LogP contribution in [0, 0.1) is 0 Å². The molecular weight excluding hydrogens is 173 g/mol. The van der Waals surface area contributed by atoms with Gasteiger partial charge in [-0.3, -0.25) is 4.90 Å². The molecule has 0 aliphatic heterocycles. The fourth-order valence-corrected chi connectivity index (χ4v) is 0.645. The summed E-state index contributed by atoms with van der Waals surface area (Å²) in [5.41, 5.74) is 7.83. The van der Waals surface area contributed by atoms with Crippen LogP contribution in [0.2, 0.25) is 0 Å². The fourth-order valence-electron chi connectivity index (χ4n) is 0.645. The number of hydrogen-bond donors (Lipinski definition) is 0. The number of hydrogen-bond acceptors (Lipinski definition) is 2. The lowest BCUT2D eigenvalue weighted by Gasteiger charge is -2.16. The zero-order valence-electron chi connectivity index (χ0n) is 6.54. The van der Waals surface area contributed by atoms with Gasteiger partial charge in [0.25, 0.3) is 0 Å². The number of likely N-dealkylation sites (N-methyl/N-ethyl adjacent to an activating group) is 1. The first-order valence-electron chi connectivity index (χ1n) is 3.22. The van der Waals surface area contributed by atoms with Crippen molar-refractivity contribution in [3.05, 3.63) is 10.4 Å². The van der Waals surface area contributed by atoms with Crippen molar-refractivity contribution in [2.24, 2.45) is 5.11 Å². The van der Waals surface area contributed by atoms with E-state index in [1.165, 1.54) is 7.05 Å². The third-order valence-electron chi connectivity index (χ3n) is 1.09. The predicted molar refractivity (Wildman–Crippen MR) is 37.6 cm³/mol. The van der Waals surface area contributed by atoms with E-state index in [0.717, 1.165) is 4.90 Å². The molecule has 0 amide bonds. The summed E-state index contributed by atoms with van der Waals surface area (Å²) in [4.78, 5) is 3.47. The molecule has 0 aliphatic carbocycles. The van der Waals surface area contributed by atoms with E-state index < -0.39 is 12.7 Å². The second kappa shape index (κ2) is 4.84. The van der Waals surface area contributed by atoms with Crippen LogP contribution in [-0.4, -0.2) is 37.8 Å². The van der Waals surface area contributed by atoms with Crippen LogP contribution in [0.25, 0.3) is 10.4 Å². The Bertz CT molecular complexity index is 172. The Morgan fingerprint density at radius 2 is 2.08 bits per heavy atom. The maximum Gasteiger partial charge on any atom is 0.401 e. The van der Waals surface area contributed by atoms with Gasteiger partial charge >= 0.3 is 6.18 Å². The molecule has 0 saturated carbocycles. The molecule has 0 rings (SSSR count). The summed E-state index contributed by atoms with van der Waals surface area (Å²) in [6.45, 7) is -0.805. The zero-order valence-corrected chi connectivity index (χ0v) is 6.54. The Morgan fingerprint density at radius 1 is 1.50 bits per heavy atom. The minimum atomic E-state index is -4.19. The van der Waals surface area contributed by atoms with Gasteiger partial charge in [0, 0.05) is 18.0 Å². The van der Waals surface area contributed by atoms with Crippen molar-refractivity contribution in [3.63, 3.8) is 0 Å². The van der Waals surface area contributed by atoms with Crippen molar-refractivity contribution in [1.29, 1.82) is 0 Å². The van der Waals surface area contributed by atoms with Crippen LogP contribution >= 0.6 is 0 Å². The highest BCUT2D eigenvalue weighted by atomic mass is 19.4. The van der Waals surface area contributed by atoms with Crippen LogP contribution in [-0.2, 0) is 0 Å². The van der Waals surface area contributed by atoms with Crippen LogP contribution in [0.1, 0.15) is 0 Å². The third-order valence-corrected chi connectivity index (χ3v) is 1.09. The zero-order chi connectivity index (χ0) is 9.61. The van der Waals surface area contributed by atoms with Crippen LogP contribution in [0.15, 0.2) is 5.11 Å². The standard InChI is InChI=1S/C5H9F3N4/c1-12(3-2-10-11-9)4-5(6,7)8/h2-4H2,1H3. The highest BCUT2D eigenvalue weighted by Crippen LogP contribution is 2.14. The Morgan fingerprint density at radius 3 is 2.50 bits per heavy atom. The van der Waals surface area contributed by atoms with Gasteiger partial charge in [-0.15, -0.1) is 0 Å². The smallest absolute Gasteiger partial charge is 0.298 e. The summed E-state index contributed by atoms with van der Waals surface area (Å²) >= 11 is 0. The Labute approximate surface area is 67.6 Å². The summed E-state index contributed by atoms with van der Waals surface area (Å²) in [7, 11) is 1.32. The molecule has 0 fully saturated rings. The average Bonchev–Trinajstić information content (AvgIpc) is 1.84. The summed E-state index contributed by atoms with van der Waals surface area (Å²) in [5, 5.41) is 3.11. The molecule has 70 valence electrons. The molecule has 0 heterocycles. The molecule has 0 unspecified atom stereocenters. The summed E-state index contributed by atoms with van der Waals surface area (Å²) < 4.78 is 35.0. The van der Waals surface area contributed by atoms with Gasteiger partial charge in [0.2, 0.25) is 0 Å². The van der Waals surface area contributed by atoms with Crippen molar-refractivity contribution in [1.82, 2.24) is 4.90 Å². The van der Waals surface area contributed by atoms with E-state index in [1.54, 1.807) is 0 Å². The quantitative estimate of drug-likeness (QED) is 0.371. The molecule has 4 nitrogen and oxygen atoms in total. The Hall–Kier alpha value is -0.940. The average molecular weight is 182 g/mol. The predicted octanol–water partition coefficient (Wildman–Crippen LogP) is 1.79. The van der Waals surface area contributed by atoms with E-state index >= 15 is 0 Å². The largest absolute Gasteiger partial charge is 0.401 e. The first-order chi connectivity index (χ1) is 5.45. The van der Waals surface area contributed by atoms with E-state index in [2.05, 4.69) is 10.0 Å². The van der Waals surface area contributed by atoms with Gasteiger partial charge in [-0.25, -0.2) is 0 Å². The first-order valence-corrected chi connectivity index (χ1v) is 3.22. The topological polar surface area (TPSA) is 52.0 Å². The number of halogens is 3. The number of rotatable bonds is 4. The van der Waals surface area contributed by atoms with E-state index in [9.17, 15) is 13.2 Å². The molecule has 0 radical (unpaired) electrons. The first kappa shape index (κ1) is 11.1. The van der Waals surface area contributed by atoms with Gasteiger partial charge in [-0.1, -0.05) is 5.11 Å². The lowest BCUT2D eigenvalue weighted by atomic mass is 10.5. The van der Waals surface area contributed by atoms with E-state index in [1.807, 2.05) is 0 Å². The van der Waals surface area contributed by atoms with Crippen LogP contribution < -0.4 is 0 Å². The second-order valence-electron chi connectivity index (χ2n) is 2.31. The molecule has 7 heteroatoms. The van der Waals surface area contributed by atoms with E-state index in [0.29, 0.717) is 0 Å². The van der Waals surface area contributed by atoms with Gasteiger partial charge in [-0.2, -0.15) is 13.2 Å². The molecule has 0 bridgehead atoms. The number of azide groups is 1. The monoisotopic (exact) mass is 182 g/mol. The summed E-state index contributed by atoms with van der Waals surface area (Å²) in [5.74, 6) is 0. The van der Waals surface area contributed by atoms with Crippen molar-refractivity contribution in [2.75, 3.05) is 26.7 Å². The second-order valence-corrected chi connectivity index (χ2v) is 2.31. The fraction of sp³-hybridized carbons (Fsp3) is 1.00. The molecule has 0 atom stereocenters. The van der Waals surface area contributed by atoms with E-state index in [-0.39, 0.29) is 13.1 Å². The summed E-state index contributed by atoms with van der Waals surface area (Å²) in [6, 6.07) is 0. The molecule has 0 aromatic carbocycles. The third kappa shape index (κ3) is 7.17. The Kier molecular flexibility index (Phi) is 4.46. The maximum atomic E-state index is 11.7. The van der Waals surface area contributed by atoms with Crippen molar-refractivity contribution < 1.29 is 13.2 Å². The molecule has 0 aromatic rings. The SMILES string of the molecule is CN(CCN=[N+]=[N-])CC(F)(F)F. The molecule has 0 saturated heterocycles. The van der Waals surface area contributed by atoms with Gasteiger partial charge in [0.05, 0.1) is 6.54 Å². The number of alkyl halides is 3. The molecule has 0 aliphatic rings. The normalized spacial score (nSPS) is 11.4. The summed E-state index contributed by atoms with van der Waals surface area (Å²) in [6.07, 6.45) is -4.19. The molecule has 12 heavy (non-hydrogen) atoms. The highest BCUT2D eigenvalue weighted by molar-refractivity contribution is 4.60. The van der Waals surface area contributed by atoms with Crippen molar-refractivity contribution in [2.45, 2.75) is 6.18 Å². The van der Waals surface area contributed by atoms with Gasteiger partial charge in [-0.05, 0) is 12.6 Å². The minimum absolute atomic E-state index is 0.0586. The minimum Gasteiger partial charge on any atom is -0.298 e. The molecule has 0 N–H and O–H groups in total. The van der Waals surface area contributed by atoms with Gasteiger partial charge < -0.3 is 0 Å².